The average molecular weight is 347 g/mol. The van der Waals surface area contributed by atoms with Gasteiger partial charge in [-0.2, -0.15) is 0 Å². The number of pyridine rings is 1. The predicted octanol–water partition coefficient (Wildman–Crippen LogP) is 4.43. The standard InChI is InChI=1S/C20H17N3OS/c1-13-22-18-11-14(8-9-19(18)25-13)20(24)23(2)12-15-5-3-7-17-16(15)6-4-10-21-17/h3-11H,12H2,1-2H3. The molecule has 124 valence electrons. The molecular weight excluding hydrogens is 330 g/mol. The van der Waals surface area contributed by atoms with Crippen LogP contribution in [-0.4, -0.2) is 27.8 Å². The van der Waals surface area contributed by atoms with Gasteiger partial charge < -0.3 is 4.90 Å². The fourth-order valence-corrected chi connectivity index (χ4v) is 3.84. The maximum absolute atomic E-state index is 12.8. The Morgan fingerprint density at radius 1 is 1.12 bits per heavy atom. The van der Waals surface area contributed by atoms with Crippen molar-refractivity contribution < 1.29 is 4.79 Å². The first-order valence-corrected chi connectivity index (χ1v) is 8.89. The number of benzene rings is 2. The third kappa shape index (κ3) is 2.98. The van der Waals surface area contributed by atoms with E-state index in [4.69, 9.17) is 0 Å². The molecule has 2 heterocycles. The lowest BCUT2D eigenvalue weighted by Crippen LogP contribution is -2.26. The van der Waals surface area contributed by atoms with E-state index in [1.54, 1.807) is 22.4 Å². The highest BCUT2D eigenvalue weighted by Crippen LogP contribution is 2.24. The van der Waals surface area contributed by atoms with E-state index in [1.807, 2.05) is 62.5 Å². The molecule has 0 radical (unpaired) electrons. The molecule has 2 aromatic carbocycles. The molecule has 0 aliphatic carbocycles. The van der Waals surface area contributed by atoms with Gasteiger partial charge in [-0.3, -0.25) is 9.78 Å². The number of aromatic nitrogens is 2. The van der Waals surface area contributed by atoms with Crippen molar-refractivity contribution in [3.8, 4) is 0 Å². The minimum Gasteiger partial charge on any atom is -0.337 e. The molecule has 4 aromatic rings. The molecule has 0 spiro atoms. The van der Waals surface area contributed by atoms with Gasteiger partial charge in [-0.1, -0.05) is 18.2 Å². The molecule has 0 saturated carbocycles. The number of rotatable bonds is 3. The molecule has 0 atom stereocenters. The molecule has 25 heavy (non-hydrogen) atoms. The zero-order valence-corrected chi connectivity index (χ0v) is 14.9. The smallest absolute Gasteiger partial charge is 0.253 e. The van der Waals surface area contributed by atoms with Gasteiger partial charge in [0.25, 0.3) is 5.91 Å². The summed E-state index contributed by atoms with van der Waals surface area (Å²) < 4.78 is 1.11. The lowest BCUT2D eigenvalue weighted by molar-refractivity contribution is 0.0786. The van der Waals surface area contributed by atoms with Gasteiger partial charge in [0.2, 0.25) is 0 Å². The van der Waals surface area contributed by atoms with Crippen molar-refractivity contribution in [2.75, 3.05) is 7.05 Å². The lowest BCUT2D eigenvalue weighted by atomic mass is 10.1. The van der Waals surface area contributed by atoms with E-state index in [9.17, 15) is 4.79 Å². The van der Waals surface area contributed by atoms with Crippen LogP contribution in [0.2, 0.25) is 0 Å². The first-order valence-electron chi connectivity index (χ1n) is 8.07. The van der Waals surface area contributed by atoms with E-state index in [0.717, 1.165) is 31.7 Å². The van der Waals surface area contributed by atoms with Gasteiger partial charge in [-0.25, -0.2) is 4.98 Å². The molecule has 4 rings (SSSR count). The maximum Gasteiger partial charge on any atom is 0.253 e. The number of carbonyl (C=O) groups excluding carboxylic acids is 1. The Labute approximate surface area is 149 Å². The summed E-state index contributed by atoms with van der Waals surface area (Å²) in [7, 11) is 1.83. The Kier molecular flexibility index (Phi) is 3.93. The first kappa shape index (κ1) is 15.7. The van der Waals surface area contributed by atoms with Crippen LogP contribution in [-0.2, 0) is 6.54 Å². The van der Waals surface area contributed by atoms with Crippen molar-refractivity contribution >= 4 is 38.4 Å². The minimum atomic E-state index is -0.00607. The molecule has 1 amide bonds. The van der Waals surface area contributed by atoms with E-state index < -0.39 is 0 Å². The van der Waals surface area contributed by atoms with Crippen molar-refractivity contribution in [3.05, 3.63) is 70.9 Å². The Morgan fingerprint density at radius 3 is 2.88 bits per heavy atom. The van der Waals surface area contributed by atoms with Gasteiger partial charge in [0.05, 0.1) is 20.7 Å². The summed E-state index contributed by atoms with van der Waals surface area (Å²) in [5.74, 6) is -0.00607. The topological polar surface area (TPSA) is 46.1 Å². The number of thiazole rings is 1. The second-order valence-corrected chi connectivity index (χ2v) is 7.30. The van der Waals surface area contributed by atoms with E-state index >= 15 is 0 Å². The van der Waals surface area contributed by atoms with Crippen molar-refractivity contribution in [1.29, 1.82) is 0 Å². The number of nitrogens with zero attached hydrogens (tertiary/aromatic N) is 3. The Morgan fingerprint density at radius 2 is 2.00 bits per heavy atom. The van der Waals surface area contributed by atoms with Crippen LogP contribution in [0.25, 0.3) is 21.1 Å². The first-order chi connectivity index (χ1) is 12.1. The normalized spacial score (nSPS) is 11.1. The molecule has 0 saturated heterocycles. The quantitative estimate of drug-likeness (QED) is 0.551. The largest absolute Gasteiger partial charge is 0.337 e. The number of hydrogen-bond donors (Lipinski definition) is 0. The number of hydrogen-bond acceptors (Lipinski definition) is 4. The van der Waals surface area contributed by atoms with E-state index in [-0.39, 0.29) is 5.91 Å². The predicted molar refractivity (Wildman–Crippen MR) is 102 cm³/mol. The molecule has 0 unspecified atom stereocenters. The van der Waals surface area contributed by atoms with Crippen molar-refractivity contribution in [1.82, 2.24) is 14.9 Å². The van der Waals surface area contributed by atoms with Gasteiger partial charge in [0, 0.05) is 30.7 Å². The molecule has 0 aliphatic heterocycles. The van der Waals surface area contributed by atoms with Crippen LogP contribution in [0.3, 0.4) is 0 Å². The van der Waals surface area contributed by atoms with Gasteiger partial charge in [0.15, 0.2) is 0 Å². The van der Waals surface area contributed by atoms with Crippen LogP contribution in [0.15, 0.2) is 54.7 Å². The van der Waals surface area contributed by atoms with Gasteiger partial charge in [0.1, 0.15) is 0 Å². The molecule has 0 fully saturated rings. The van der Waals surface area contributed by atoms with E-state index in [2.05, 4.69) is 9.97 Å². The van der Waals surface area contributed by atoms with E-state index in [1.165, 1.54) is 0 Å². The SMILES string of the molecule is Cc1nc2cc(C(=O)N(C)Cc3cccc4ncccc34)ccc2s1. The van der Waals surface area contributed by atoms with Crippen LogP contribution in [0.4, 0.5) is 0 Å². The van der Waals surface area contributed by atoms with Gasteiger partial charge >= 0.3 is 0 Å². The summed E-state index contributed by atoms with van der Waals surface area (Å²) in [5.41, 5.74) is 3.59. The molecule has 0 bridgehead atoms. The highest BCUT2D eigenvalue weighted by Gasteiger charge is 2.14. The summed E-state index contributed by atoms with van der Waals surface area (Å²) in [4.78, 5) is 23.4. The lowest BCUT2D eigenvalue weighted by Gasteiger charge is -2.18. The molecule has 2 aromatic heterocycles. The van der Waals surface area contributed by atoms with Crippen molar-refractivity contribution in [3.63, 3.8) is 0 Å². The Bertz CT molecular complexity index is 1080. The van der Waals surface area contributed by atoms with Crippen LogP contribution < -0.4 is 0 Å². The summed E-state index contributed by atoms with van der Waals surface area (Å²) >= 11 is 1.64. The second kappa shape index (κ2) is 6.26. The van der Waals surface area contributed by atoms with Crippen LogP contribution in [0.1, 0.15) is 20.9 Å². The molecule has 4 nitrogen and oxygen atoms in total. The summed E-state index contributed by atoms with van der Waals surface area (Å²) in [6, 6.07) is 15.7. The van der Waals surface area contributed by atoms with Crippen LogP contribution >= 0.6 is 11.3 Å². The minimum absolute atomic E-state index is 0.00607. The molecule has 0 aliphatic rings. The highest BCUT2D eigenvalue weighted by molar-refractivity contribution is 7.18. The zero-order chi connectivity index (χ0) is 17.4. The number of carbonyl (C=O) groups is 1. The van der Waals surface area contributed by atoms with Crippen LogP contribution in [0, 0.1) is 6.92 Å². The fraction of sp³-hybridized carbons (Fsp3) is 0.150. The number of fused-ring (bicyclic) bond motifs is 2. The number of aryl methyl sites for hydroxylation is 1. The fourth-order valence-electron chi connectivity index (χ4n) is 3.03. The molecule has 0 N–H and O–H groups in total. The van der Waals surface area contributed by atoms with Crippen LogP contribution in [0.5, 0.6) is 0 Å². The molecular formula is C20H17N3OS. The summed E-state index contributed by atoms with van der Waals surface area (Å²) in [6.07, 6.45) is 1.78. The molecule has 5 heteroatoms. The highest BCUT2D eigenvalue weighted by atomic mass is 32.1. The average Bonchev–Trinajstić information content (AvgIpc) is 3.00. The monoisotopic (exact) mass is 347 g/mol. The van der Waals surface area contributed by atoms with Gasteiger partial charge in [-0.05, 0) is 42.8 Å². The van der Waals surface area contributed by atoms with Crippen molar-refractivity contribution in [2.45, 2.75) is 13.5 Å². The second-order valence-electron chi connectivity index (χ2n) is 6.06. The third-order valence-electron chi connectivity index (χ3n) is 4.23. The van der Waals surface area contributed by atoms with E-state index in [0.29, 0.717) is 12.1 Å². The summed E-state index contributed by atoms with van der Waals surface area (Å²) in [5, 5.41) is 2.09. The zero-order valence-electron chi connectivity index (χ0n) is 14.1. The maximum atomic E-state index is 12.8. The van der Waals surface area contributed by atoms with Gasteiger partial charge in [-0.15, -0.1) is 11.3 Å². The summed E-state index contributed by atoms with van der Waals surface area (Å²) in [6.45, 7) is 2.52. The number of amides is 1. The Hall–Kier alpha value is -2.79. The van der Waals surface area contributed by atoms with Crippen molar-refractivity contribution in [2.24, 2.45) is 0 Å². The Balaban J connectivity index is 1.62. The third-order valence-corrected chi connectivity index (χ3v) is 5.18.